The maximum atomic E-state index is 12.1. The first kappa shape index (κ1) is 17.7. The lowest BCUT2D eigenvalue weighted by Gasteiger charge is -2.23. The highest BCUT2D eigenvalue weighted by atomic mass is 16.5. The summed E-state index contributed by atoms with van der Waals surface area (Å²) in [5, 5.41) is 12.0. The molecule has 7 heteroatoms. The van der Waals surface area contributed by atoms with Gasteiger partial charge >= 0.3 is 12.0 Å². The van der Waals surface area contributed by atoms with Crippen molar-refractivity contribution < 1.29 is 19.4 Å². The third-order valence-electron chi connectivity index (χ3n) is 3.99. The quantitative estimate of drug-likeness (QED) is 0.673. The van der Waals surface area contributed by atoms with Crippen molar-refractivity contribution in [2.24, 2.45) is 0 Å². The minimum Gasteiger partial charge on any atom is -0.480 e. The minimum absolute atomic E-state index is 0.205. The van der Waals surface area contributed by atoms with Crippen molar-refractivity contribution in [1.82, 2.24) is 15.1 Å². The topological polar surface area (TPSA) is 82.1 Å². The molecule has 0 radical (unpaired) electrons. The number of urea groups is 1. The van der Waals surface area contributed by atoms with Crippen molar-refractivity contribution in [2.75, 3.05) is 33.8 Å². The van der Waals surface area contributed by atoms with Crippen LogP contribution in [0.25, 0.3) is 0 Å². The number of carboxylic acids is 1. The van der Waals surface area contributed by atoms with Crippen LogP contribution in [0.1, 0.15) is 26.7 Å². The van der Waals surface area contributed by atoms with Gasteiger partial charge in [0.2, 0.25) is 0 Å². The largest absolute Gasteiger partial charge is 0.480 e. The zero-order valence-electron chi connectivity index (χ0n) is 13.3. The molecule has 21 heavy (non-hydrogen) atoms. The van der Waals surface area contributed by atoms with Gasteiger partial charge in [-0.25, -0.2) is 9.59 Å². The van der Waals surface area contributed by atoms with E-state index in [-0.39, 0.29) is 12.1 Å². The smallest absolute Gasteiger partial charge is 0.326 e. The Balaban J connectivity index is 2.38. The number of carbonyl (C=O) groups is 2. The second-order valence-corrected chi connectivity index (χ2v) is 5.76. The van der Waals surface area contributed by atoms with Gasteiger partial charge in [-0.2, -0.15) is 0 Å². The summed E-state index contributed by atoms with van der Waals surface area (Å²) in [6.07, 6.45) is 0.971. The first-order valence-corrected chi connectivity index (χ1v) is 7.37. The number of likely N-dealkylation sites (tertiary alicyclic amines) is 1. The summed E-state index contributed by atoms with van der Waals surface area (Å²) in [4.78, 5) is 26.8. The van der Waals surface area contributed by atoms with E-state index in [1.807, 2.05) is 7.05 Å². The van der Waals surface area contributed by atoms with Crippen molar-refractivity contribution in [3.63, 3.8) is 0 Å². The molecule has 0 saturated carbocycles. The number of ether oxygens (including phenoxy) is 1. The molecule has 1 heterocycles. The molecule has 0 bridgehead atoms. The fourth-order valence-electron chi connectivity index (χ4n) is 2.31. The van der Waals surface area contributed by atoms with Gasteiger partial charge in [-0.15, -0.1) is 0 Å². The molecular weight excluding hydrogens is 274 g/mol. The van der Waals surface area contributed by atoms with Gasteiger partial charge in [0.25, 0.3) is 0 Å². The van der Waals surface area contributed by atoms with Crippen LogP contribution in [-0.2, 0) is 9.53 Å². The number of hydrogen-bond acceptors (Lipinski definition) is 4. The van der Waals surface area contributed by atoms with Gasteiger partial charge in [0, 0.05) is 32.7 Å². The Morgan fingerprint density at radius 1 is 1.48 bits per heavy atom. The molecule has 2 atom stereocenters. The molecular formula is C14H27N3O4. The van der Waals surface area contributed by atoms with E-state index in [2.05, 4.69) is 24.1 Å². The molecule has 0 spiro atoms. The number of methoxy groups -OCH3 is 1. The first-order chi connectivity index (χ1) is 9.86. The minimum atomic E-state index is -0.982. The van der Waals surface area contributed by atoms with Crippen LogP contribution in [-0.4, -0.2) is 78.9 Å². The molecule has 1 fully saturated rings. The molecule has 0 aromatic heterocycles. The van der Waals surface area contributed by atoms with Crippen LogP contribution < -0.4 is 5.32 Å². The van der Waals surface area contributed by atoms with Crippen molar-refractivity contribution in [1.29, 1.82) is 0 Å². The molecule has 2 unspecified atom stereocenters. The molecule has 0 aromatic carbocycles. The van der Waals surface area contributed by atoms with E-state index in [1.54, 1.807) is 0 Å². The van der Waals surface area contributed by atoms with Gasteiger partial charge in [-0.3, -0.25) is 0 Å². The fourth-order valence-corrected chi connectivity index (χ4v) is 2.31. The molecule has 0 aromatic rings. The lowest BCUT2D eigenvalue weighted by molar-refractivity contribution is -0.141. The van der Waals surface area contributed by atoms with Crippen LogP contribution in [0.5, 0.6) is 0 Å². The van der Waals surface area contributed by atoms with Crippen LogP contribution in [0.4, 0.5) is 4.79 Å². The number of amides is 2. The van der Waals surface area contributed by atoms with Gasteiger partial charge in [-0.1, -0.05) is 0 Å². The van der Waals surface area contributed by atoms with Crippen molar-refractivity contribution in [3.8, 4) is 0 Å². The van der Waals surface area contributed by atoms with E-state index in [0.717, 1.165) is 13.0 Å². The number of carbonyl (C=O) groups excluding carboxylic acids is 1. The first-order valence-electron chi connectivity index (χ1n) is 7.37. The fraction of sp³-hybridized carbons (Fsp3) is 0.857. The Morgan fingerprint density at radius 2 is 2.14 bits per heavy atom. The molecule has 1 aliphatic rings. The summed E-state index contributed by atoms with van der Waals surface area (Å²) in [6.45, 7) is 5.99. The molecule has 2 N–H and O–H groups in total. The summed E-state index contributed by atoms with van der Waals surface area (Å²) in [7, 11) is 3.57. The van der Waals surface area contributed by atoms with E-state index in [1.165, 1.54) is 12.0 Å². The second-order valence-electron chi connectivity index (χ2n) is 5.76. The predicted octanol–water partition coefficient (Wildman–Crippen LogP) is 0.600. The van der Waals surface area contributed by atoms with Crippen molar-refractivity contribution >= 4 is 12.0 Å². The van der Waals surface area contributed by atoms with E-state index in [9.17, 15) is 9.59 Å². The maximum Gasteiger partial charge on any atom is 0.326 e. The molecule has 1 aliphatic heterocycles. The Morgan fingerprint density at radius 3 is 2.67 bits per heavy atom. The number of nitrogens with zero attached hydrogens (tertiary/aromatic N) is 2. The van der Waals surface area contributed by atoms with Gasteiger partial charge in [-0.05, 0) is 33.9 Å². The summed E-state index contributed by atoms with van der Waals surface area (Å²) in [5.41, 5.74) is 0. The standard InChI is InChI=1S/C14H27N3O4/c1-10(2)16(3)7-5-6-15-14(20)17-9-11(21-4)8-12(17)13(18)19/h10-12H,5-9H2,1-4H3,(H,15,20)(H,18,19). The highest BCUT2D eigenvalue weighted by Crippen LogP contribution is 2.20. The van der Waals surface area contributed by atoms with E-state index in [4.69, 9.17) is 9.84 Å². The SMILES string of the molecule is COC1CC(C(=O)O)N(C(=O)NCCCN(C)C(C)C)C1. The molecule has 1 saturated heterocycles. The van der Waals surface area contributed by atoms with Crippen molar-refractivity contribution in [2.45, 2.75) is 44.9 Å². The maximum absolute atomic E-state index is 12.1. The highest BCUT2D eigenvalue weighted by Gasteiger charge is 2.39. The summed E-state index contributed by atoms with van der Waals surface area (Å²) in [5.74, 6) is -0.982. The Kier molecular flexibility index (Phi) is 6.91. The molecule has 2 amide bonds. The second kappa shape index (κ2) is 8.19. The van der Waals surface area contributed by atoms with Gasteiger partial charge in [0.05, 0.1) is 6.10 Å². The van der Waals surface area contributed by atoms with Crippen LogP contribution in [0.3, 0.4) is 0 Å². The average molecular weight is 301 g/mol. The van der Waals surface area contributed by atoms with Gasteiger partial charge in [0.1, 0.15) is 6.04 Å². The van der Waals surface area contributed by atoms with Gasteiger partial charge in [0.15, 0.2) is 0 Å². The van der Waals surface area contributed by atoms with Crippen LogP contribution in [0.2, 0.25) is 0 Å². The van der Waals surface area contributed by atoms with Crippen LogP contribution in [0, 0.1) is 0 Å². The normalized spacial score (nSPS) is 22.1. The zero-order valence-corrected chi connectivity index (χ0v) is 13.3. The molecule has 0 aliphatic carbocycles. The Labute approximate surface area is 126 Å². The number of rotatable bonds is 7. The van der Waals surface area contributed by atoms with Crippen LogP contribution in [0.15, 0.2) is 0 Å². The van der Waals surface area contributed by atoms with E-state index in [0.29, 0.717) is 25.6 Å². The van der Waals surface area contributed by atoms with E-state index >= 15 is 0 Å². The summed E-state index contributed by atoms with van der Waals surface area (Å²) < 4.78 is 5.16. The number of nitrogens with one attached hydrogen (secondary N) is 1. The van der Waals surface area contributed by atoms with Gasteiger partial charge < -0.3 is 25.0 Å². The molecule has 7 nitrogen and oxygen atoms in total. The number of aliphatic carboxylic acids is 1. The summed E-state index contributed by atoms with van der Waals surface area (Å²) in [6, 6.07) is -0.652. The third kappa shape index (κ3) is 5.17. The third-order valence-corrected chi connectivity index (χ3v) is 3.99. The Bertz CT molecular complexity index is 362. The predicted molar refractivity (Wildman–Crippen MR) is 79.3 cm³/mol. The van der Waals surface area contributed by atoms with Crippen molar-refractivity contribution in [3.05, 3.63) is 0 Å². The summed E-state index contributed by atoms with van der Waals surface area (Å²) >= 11 is 0. The Hall–Kier alpha value is -1.34. The molecule has 1 rings (SSSR count). The average Bonchev–Trinajstić information content (AvgIpc) is 2.87. The number of carboxylic acid groups (broad SMARTS) is 1. The lowest BCUT2D eigenvalue weighted by Crippen LogP contribution is -2.46. The zero-order chi connectivity index (χ0) is 16.0. The lowest BCUT2D eigenvalue weighted by atomic mass is 10.2. The van der Waals surface area contributed by atoms with E-state index < -0.39 is 12.0 Å². The van der Waals surface area contributed by atoms with Crippen LogP contribution >= 0.6 is 0 Å². The highest BCUT2D eigenvalue weighted by molar-refractivity contribution is 5.83. The molecule has 122 valence electrons. The number of hydrogen-bond donors (Lipinski definition) is 2. The monoisotopic (exact) mass is 301 g/mol.